The van der Waals surface area contributed by atoms with Crippen LogP contribution in [0.3, 0.4) is 0 Å². The molecule has 2 aromatic carbocycles. The number of rotatable bonds is 9. The monoisotopic (exact) mass is 552 g/mol. The molecule has 0 bridgehead atoms. The summed E-state index contributed by atoms with van der Waals surface area (Å²) in [4.78, 5) is 22.9. The molecule has 1 saturated heterocycles. The fourth-order valence-electron chi connectivity index (χ4n) is 6.22. The van der Waals surface area contributed by atoms with Gasteiger partial charge in [-0.25, -0.2) is 0 Å². The molecule has 9 heteroatoms. The molecular weight excluding hydrogens is 517 g/mol. The van der Waals surface area contributed by atoms with Gasteiger partial charge in [0.25, 0.3) is 0 Å². The van der Waals surface area contributed by atoms with E-state index in [1.165, 1.54) is 0 Å². The van der Waals surface area contributed by atoms with Crippen LogP contribution < -0.4 is 15.0 Å². The summed E-state index contributed by atoms with van der Waals surface area (Å²) in [6, 6.07) is 21.3. The Morgan fingerprint density at radius 1 is 1.00 bits per heavy atom. The Labute approximate surface area is 233 Å². The topological polar surface area (TPSA) is 57.7 Å². The Hall–Kier alpha value is -3.59. The van der Waals surface area contributed by atoms with Gasteiger partial charge in [-0.05, 0) is 54.6 Å². The second-order valence-electron chi connectivity index (χ2n) is 10.6. The molecule has 2 heterocycles. The van der Waals surface area contributed by atoms with Crippen LogP contribution in [-0.4, -0.2) is 67.8 Å². The Morgan fingerprint density at radius 3 is 2.30 bits per heavy atom. The number of nitrogens with zero attached hydrogens (tertiary/aromatic N) is 3. The van der Waals surface area contributed by atoms with Gasteiger partial charge in [0.05, 0.1) is 7.11 Å². The van der Waals surface area contributed by atoms with Gasteiger partial charge in [0, 0.05) is 31.7 Å². The summed E-state index contributed by atoms with van der Waals surface area (Å²) in [6.07, 6.45) is -2.51. The van der Waals surface area contributed by atoms with Crippen LogP contribution in [0.1, 0.15) is 37.3 Å². The van der Waals surface area contributed by atoms with Gasteiger partial charge in [0.2, 0.25) is 11.8 Å². The smallest absolute Gasteiger partial charge is 0.405 e. The summed E-state index contributed by atoms with van der Waals surface area (Å²) in [6.45, 7) is 4.26. The number of unbranched alkanes of at least 4 members (excludes halogenated alkanes) is 1. The van der Waals surface area contributed by atoms with Crippen LogP contribution in [0, 0.1) is 0 Å². The first-order valence-corrected chi connectivity index (χ1v) is 13.8. The minimum atomic E-state index is -4.48. The van der Waals surface area contributed by atoms with E-state index >= 15 is 0 Å². The number of benzene rings is 2. The van der Waals surface area contributed by atoms with E-state index in [0.717, 1.165) is 60.7 Å². The molecule has 0 radical (unpaired) electrons. The van der Waals surface area contributed by atoms with Gasteiger partial charge in [-0.3, -0.25) is 9.69 Å². The number of methoxy groups -OCH3 is 1. The summed E-state index contributed by atoms with van der Waals surface area (Å²) >= 11 is 0. The third-order valence-corrected chi connectivity index (χ3v) is 8.16. The van der Waals surface area contributed by atoms with Crippen LogP contribution in [0.4, 0.5) is 19.0 Å². The van der Waals surface area contributed by atoms with Crippen molar-refractivity contribution in [2.24, 2.45) is 0 Å². The standard InChI is InChI=1S/C31H35F3N4O2/c1-22-20-38(27-14-9-15-28(36-27)40-2)19-18-37(22)17-8-7-16-30(29(39)35-21-31(32,33)34)25-12-5-3-10-23(25)24-11-4-6-13-26(24)30/h3-6,9-15,22H,7-8,16-21H2,1-2H3,(H,35,39). The van der Waals surface area contributed by atoms with Crippen molar-refractivity contribution in [1.29, 1.82) is 0 Å². The minimum absolute atomic E-state index is 0.304. The average molecular weight is 553 g/mol. The zero-order chi connectivity index (χ0) is 28.3. The number of carbonyl (C=O) groups excluding carboxylic acids is 1. The highest BCUT2D eigenvalue weighted by Gasteiger charge is 2.49. The van der Waals surface area contributed by atoms with Crippen molar-refractivity contribution < 1.29 is 22.7 Å². The molecular formula is C31H35F3N4O2. The van der Waals surface area contributed by atoms with E-state index in [0.29, 0.717) is 24.8 Å². The second kappa shape index (κ2) is 11.5. The van der Waals surface area contributed by atoms with Crippen LogP contribution in [0.2, 0.25) is 0 Å². The molecule has 0 saturated carbocycles. The third kappa shape index (κ3) is 5.52. The molecule has 3 aromatic rings. The first-order chi connectivity index (χ1) is 19.2. The van der Waals surface area contributed by atoms with E-state index in [1.807, 2.05) is 66.7 Å². The van der Waals surface area contributed by atoms with Crippen molar-refractivity contribution in [3.63, 3.8) is 0 Å². The number of fused-ring (bicyclic) bond motifs is 3. The number of piperazine rings is 1. The highest BCUT2D eigenvalue weighted by molar-refractivity contribution is 6.00. The molecule has 5 rings (SSSR count). The van der Waals surface area contributed by atoms with E-state index < -0.39 is 24.0 Å². The summed E-state index contributed by atoms with van der Waals surface area (Å²) in [5, 5.41) is 2.22. The lowest BCUT2D eigenvalue weighted by Gasteiger charge is -2.40. The van der Waals surface area contributed by atoms with Gasteiger partial charge in [0.1, 0.15) is 17.8 Å². The van der Waals surface area contributed by atoms with Gasteiger partial charge < -0.3 is 15.0 Å². The molecule has 1 aromatic heterocycles. The molecule has 6 nitrogen and oxygen atoms in total. The van der Waals surface area contributed by atoms with Crippen molar-refractivity contribution in [2.75, 3.05) is 44.7 Å². The van der Waals surface area contributed by atoms with Crippen molar-refractivity contribution in [3.05, 3.63) is 77.9 Å². The van der Waals surface area contributed by atoms with E-state index in [-0.39, 0.29) is 0 Å². The number of pyridine rings is 1. The molecule has 1 amide bonds. The number of aromatic nitrogens is 1. The Kier molecular flexibility index (Phi) is 8.03. The predicted octanol–water partition coefficient (Wildman–Crippen LogP) is 5.42. The maximum Gasteiger partial charge on any atom is 0.405 e. The largest absolute Gasteiger partial charge is 0.481 e. The van der Waals surface area contributed by atoms with E-state index in [1.54, 1.807) is 7.11 Å². The maximum atomic E-state index is 13.7. The SMILES string of the molecule is COc1cccc(N2CCN(CCCCC3(C(=O)NCC(F)(F)F)c4ccccc4-c4ccccc43)C(C)C2)n1. The number of amides is 1. The summed E-state index contributed by atoms with van der Waals surface area (Å²) in [5.41, 5.74) is 2.24. The lowest BCUT2D eigenvalue weighted by molar-refractivity contribution is -0.141. The van der Waals surface area contributed by atoms with Crippen LogP contribution in [0.5, 0.6) is 5.88 Å². The summed E-state index contributed by atoms with van der Waals surface area (Å²) in [7, 11) is 1.61. The number of carbonyl (C=O) groups is 1. The number of halogens is 3. The number of nitrogens with one attached hydrogen (secondary N) is 1. The van der Waals surface area contributed by atoms with Gasteiger partial charge in [0.15, 0.2) is 0 Å². The second-order valence-corrected chi connectivity index (χ2v) is 10.6. The van der Waals surface area contributed by atoms with Gasteiger partial charge in [-0.1, -0.05) is 61.0 Å². The highest BCUT2D eigenvalue weighted by atomic mass is 19.4. The van der Waals surface area contributed by atoms with Gasteiger partial charge >= 0.3 is 6.18 Å². The predicted molar refractivity (Wildman–Crippen MR) is 150 cm³/mol. The molecule has 40 heavy (non-hydrogen) atoms. The Morgan fingerprint density at radius 2 is 1.68 bits per heavy atom. The number of hydrogen-bond acceptors (Lipinski definition) is 5. The van der Waals surface area contributed by atoms with Crippen LogP contribution in [-0.2, 0) is 10.2 Å². The molecule has 212 valence electrons. The van der Waals surface area contributed by atoms with Crippen molar-refractivity contribution in [2.45, 2.75) is 43.8 Å². The van der Waals surface area contributed by atoms with Crippen molar-refractivity contribution >= 4 is 11.7 Å². The van der Waals surface area contributed by atoms with E-state index in [4.69, 9.17) is 4.74 Å². The molecule has 1 aliphatic carbocycles. The van der Waals surface area contributed by atoms with E-state index in [9.17, 15) is 18.0 Å². The molecule has 1 aliphatic heterocycles. The van der Waals surface area contributed by atoms with E-state index in [2.05, 4.69) is 27.0 Å². The zero-order valence-electron chi connectivity index (χ0n) is 22.9. The quantitative estimate of drug-likeness (QED) is 0.360. The van der Waals surface area contributed by atoms with Gasteiger partial charge in [-0.2, -0.15) is 18.2 Å². The summed E-state index contributed by atoms with van der Waals surface area (Å²) < 4.78 is 44.6. The van der Waals surface area contributed by atoms with Gasteiger partial charge in [-0.15, -0.1) is 0 Å². The minimum Gasteiger partial charge on any atom is -0.481 e. The van der Waals surface area contributed by atoms with Crippen LogP contribution in [0.15, 0.2) is 66.7 Å². The molecule has 1 unspecified atom stereocenters. The number of anilines is 1. The lowest BCUT2D eigenvalue weighted by Crippen LogP contribution is -2.52. The summed E-state index contributed by atoms with van der Waals surface area (Å²) in [5.74, 6) is 0.905. The first-order valence-electron chi connectivity index (χ1n) is 13.8. The number of ether oxygens (including phenoxy) is 1. The lowest BCUT2D eigenvalue weighted by atomic mass is 9.73. The first kappa shape index (κ1) is 28.0. The van der Waals surface area contributed by atoms with Crippen molar-refractivity contribution in [1.82, 2.24) is 15.2 Å². The van der Waals surface area contributed by atoms with Crippen molar-refractivity contribution in [3.8, 4) is 17.0 Å². The average Bonchev–Trinajstić information content (AvgIpc) is 3.25. The molecule has 1 fully saturated rings. The molecule has 1 N–H and O–H groups in total. The normalized spacial score (nSPS) is 18.2. The Bertz CT molecular complexity index is 1300. The number of alkyl halides is 3. The maximum absolute atomic E-state index is 13.7. The highest BCUT2D eigenvalue weighted by Crippen LogP contribution is 2.51. The number of hydrogen-bond donors (Lipinski definition) is 1. The molecule has 1 atom stereocenters. The van der Waals surface area contributed by atoms with Crippen LogP contribution >= 0.6 is 0 Å². The third-order valence-electron chi connectivity index (χ3n) is 8.16. The zero-order valence-corrected chi connectivity index (χ0v) is 22.9. The molecule has 2 aliphatic rings. The molecule has 0 spiro atoms. The fraction of sp³-hybridized carbons (Fsp3) is 0.419. The Balaban J connectivity index is 1.28. The van der Waals surface area contributed by atoms with Crippen LogP contribution in [0.25, 0.3) is 11.1 Å². The fourth-order valence-corrected chi connectivity index (χ4v) is 6.22.